The number of aromatic nitrogens is 4. The number of aliphatic hydroxyl groups is 2. The van der Waals surface area contributed by atoms with E-state index in [4.69, 9.17) is 10.5 Å². The third kappa shape index (κ3) is 5.09. The molecule has 1 saturated heterocycles. The Morgan fingerprint density at radius 3 is 2.29 bits per heavy atom. The van der Waals surface area contributed by atoms with E-state index in [1.54, 1.807) is 13.8 Å². The molecule has 2 aromatic rings. The molecule has 2 fully saturated rings. The Morgan fingerprint density at radius 1 is 1.06 bits per heavy atom. The first-order valence-corrected chi connectivity index (χ1v) is 11.7. The first-order valence-electron chi connectivity index (χ1n) is 11.7. The fourth-order valence-corrected chi connectivity index (χ4v) is 5.16. The van der Waals surface area contributed by atoms with Crippen LogP contribution in [0.5, 0.6) is 0 Å². The van der Waals surface area contributed by atoms with Gasteiger partial charge in [0.1, 0.15) is 12.5 Å². The van der Waals surface area contributed by atoms with Crippen molar-refractivity contribution < 1.29 is 14.9 Å². The predicted molar refractivity (Wildman–Crippen MR) is 125 cm³/mol. The molecule has 0 radical (unpaired) electrons. The van der Waals surface area contributed by atoms with Crippen LogP contribution < -0.4 is 33.5 Å². The Balaban J connectivity index is 1.40. The summed E-state index contributed by atoms with van der Waals surface area (Å²) in [5.74, 6) is -0.253. The van der Waals surface area contributed by atoms with Crippen molar-refractivity contribution in [2.45, 2.75) is 63.8 Å². The molecular formula is C22H32N6O7. The molecule has 35 heavy (non-hydrogen) atoms. The van der Waals surface area contributed by atoms with Crippen LogP contribution in [0.1, 0.15) is 42.7 Å². The summed E-state index contributed by atoms with van der Waals surface area (Å²) in [4.78, 5) is 52.3. The highest BCUT2D eigenvalue weighted by Gasteiger charge is 2.40. The van der Waals surface area contributed by atoms with Crippen molar-refractivity contribution in [3.8, 4) is 0 Å². The van der Waals surface area contributed by atoms with Crippen LogP contribution in [0.25, 0.3) is 0 Å². The van der Waals surface area contributed by atoms with Gasteiger partial charge in [-0.25, -0.2) is 9.59 Å². The summed E-state index contributed by atoms with van der Waals surface area (Å²) in [6, 6.07) is -0.621. The monoisotopic (exact) mass is 492 g/mol. The number of aliphatic hydroxyl groups excluding tert-OH is 2. The maximum atomic E-state index is 12.3. The van der Waals surface area contributed by atoms with Crippen molar-refractivity contribution in [3.05, 3.63) is 65.2 Å². The van der Waals surface area contributed by atoms with Crippen LogP contribution in [0, 0.1) is 25.7 Å². The Labute approximate surface area is 199 Å². The fraction of sp³-hybridized carbons (Fsp3) is 0.636. The van der Waals surface area contributed by atoms with Gasteiger partial charge in [-0.2, -0.15) is 0 Å². The van der Waals surface area contributed by atoms with Crippen molar-refractivity contribution in [2.24, 2.45) is 17.6 Å². The van der Waals surface area contributed by atoms with Gasteiger partial charge in [-0.3, -0.25) is 34.0 Å². The maximum absolute atomic E-state index is 12.3. The van der Waals surface area contributed by atoms with Gasteiger partial charge in [0.2, 0.25) is 0 Å². The molecule has 7 atom stereocenters. The molecule has 7 unspecified atom stereocenters. The van der Waals surface area contributed by atoms with Crippen LogP contribution in [0.3, 0.4) is 0 Å². The smallest absolute Gasteiger partial charge is 0.330 e. The zero-order valence-corrected chi connectivity index (χ0v) is 19.6. The molecule has 0 aromatic carbocycles. The Kier molecular flexibility index (Phi) is 7.24. The van der Waals surface area contributed by atoms with E-state index < -0.39 is 47.1 Å². The van der Waals surface area contributed by atoms with Crippen LogP contribution in [-0.2, 0) is 4.74 Å². The first-order chi connectivity index (χ1) is 16.6. The second-order valence-electron chi connectivity index (χ2n) is 9.58. The van der Waals surface area contributed by atoms with E-state index in [9.17, 15) is 29.4 Å². The number of nitrogens with one attached hydrogen (secondary N) is 3. The number of rotatable bonds is 7. The molecule has 13 nitrogen and oxygen atoms in total. The molecule has 7 N–H and O–H groups in total. The largest absolute Gasteiger partial charge is 0.396 e. The lowest BCUT2D eigenvalue weighted by atomic mass is 9.90. The van der Waals surface area contributed by atoms with E-state index in [0.29, 0.717) is 24.0 Å². The van der Waals surface area contributed by atoms with Gasteiger partial charge in [0.05, 0.1) is 6.10 Å². The minimum atomic E-state index is -0.904. The normalized spacial score (nSPS) is 29.5. The number of nitrogens with zero attached hydrogens (tertiary/aromatic N) is 2. The summed E-state index contributed by atoms with van der Waals surface area (Å²) in [6.45, 7) is 3.37. The van der Waals surface area contributed by atoms with E-state index in [0.717, 1.165) is 0 Å². The highest BCUT2D eigenvalue weighted by Crippen LogP contribution is 2.40. The lowest BCUT2D eigenvalue weighted by Crippen LogP contribution is -2.47. The average Bonchev–Trinajstić information content (AvgIpc) is 3.40. The van der Waals surface area contributed by atoms with Gasteiger partial charge in [-0.05, 0) is 38.5 Å². The van der Waals surface area contributed by atoms with Crippen molar-refractivity contribution in [2.75, 3.05) is 13.2 Å². The van der Waals surface area contributed by atoms with Crippen molar-refractivity contribution in [1.82, 2.24) is 24.4 Å². The van der Waals surface area contributed by atoms with Crippen molar-refractivity contribution in [1.29, 1.82) is 0 Å². The Morgan fingerprint density at radius 2 is 1.66 bits per heavy atom. The van der Waals surface area contributed by atoms with Crippen LogP contribution in [0.2, 0.25) is 0 Å². The van der Waals surface area contributed by atoms with Crippen LogP contribution in [-0.4, -0.2) is 60.8 Å². The summed E-state index contributed by atoms with van der Waals surface area (Å²) < 4.78 is 8.57. The predicted octanol–water partition coefficient (Wildman–Crippen LogP) is -2.21. The summed E-state index contributed by atoms with van der Waals surface area (Å²) in [6.07, 6.45) is 1.74. The number of nitrogens with two attached hydrogens (primary N) is 1. The third-order valence-electron chi connectivity index (χ3n) is 7.16. The zero-order valence-electron chi connectivity index (χ0n) is 19.6. The van der Waals surface area contributed by atoms with Gasteiger partial charge in [0.25, 0.3) is 11.1 Å². The number of H-pyrrole nitrogens is 2. The van der Waals surface area contributed by atoms with Crippen LogP contribution in [0.4, 0.5) is 0 Å². The van der Waals surface area contributed by atoms with Gasteiger partial charge < -0.3 is 20.7 Å². The number of ether oxygens (including phenoxy) is 1. The Bertz CT molecular complexity index is 1300. The molecule has 192 valence electrons. The Hall–Kier alpha value is -2.84. The SMILES string of the molecule is Cc1cn(C2CC(CO)C(C(N)CNC3OC(n4cc(C)c(=O)[nH]c4=O)CC3O)C2)c(=O)[nH]c1=O. The molecule has 2 aromatic heterocycles. The van der Waals surface area contributed by atoms with Gasteiger partial charge in [0.15, 0.2) is 0 Å². The summed E-state index contributed by atoms with van der Waals surface area (Å²) in [7, 11) is 0. The van der Waals surface area contributed by atoms with E-state index in [1.807, 2.05) is 0 Å². The number of hydrogen-bond acceptors (Lipinski definition) is 9. The van der Waals surface area contributed by atoms with Crippen LogP contribution >= 0.6 is 0 Å². The standard InChI is InChI=1S/C22H32N6O7/c1-10-7-27(21(33)25-18(10)31)13-3-12(9-29)14(4-13)15(23)6-24-20-16(30)5-17(35-20)28-8-11(2)19(32)26-22(28)34/h7-8,12-17,20,24,29-30H,3-6,9,23H2,1-2H3,(H,25,31,33)(H,26,32,34). The molecular weight excluding hydrogens is 460 g/mol. The molecule has 1 aliphatic heterocycles. The molecule has 0 spiro atoms. The zero-order chi connectivity index (χ0) is 25.4. The molecule has 4 rings (SSSR count). The average molecular weight is 493 g/mol. The molecule has 1 aliphatic carbocycles. The van der Waals surface area contributed by atoms with Crippen molar-refractivity contribution >= 4 is 0 Å². The summed E-state index contributed by atoms with van der Waals surface area (Å²) >= 11 is 0. The second-order valence-corrected chi connectivity index (χ2v) is 9.58. The van der Waals surface area contributed by atoms with Crippen LogP contribution in [0.15, 0.2) is 31.6 Å². The fourth-order valence-electron chi connectivity index (χ4n) is 5.16. The molecule has 13 heteroatoms. The summed E-state index contributed by atoms with van der Waals surface area (Å²) in [5.41, 5.74) is 5.23. The minimum absolute atomic E-state index is 0.0922. The molecule has 1 saturated carbocycles. The molecule has 0 amide bonds. The van der Waals surface area contributed by atoms with Gasteiger partial charge in [-0.1, -0.05) is 0 Å². The number of hydrogen-bond donors (Lipinski definition) is 6. The highest BCUT2D eigenvalue weighted by atomic mass is 16.5. The minimum Gasteiger partial charge on any atom is -0.396 e. The van der Waals surface area contributed by atoms with E-state index in [1.165, 1.54) is 21.5 Å². The van der Waals surface area contributed by atoms with E-state index in [2.05, 4.69) is 15.3 Å². The lowest BCUT2D eigenvalue weighted by molar-refractivity contribution is -0.0393. The van der Waals surface area contributed by atoms with Crippen molar-refractivity contribution in [3.63, 3.8) is 0 Å². The second kappa shape index (κ2) is 10.0. The first kappa shape index (κ1) is 25.3. The molecule has 3 heterocycles. The molecule has 0 bridgehead atoms. The number of aryl methyl sites for hydroxylation is 2. The van der Waals surface area contributed by atoms with E-state index in [-0.39, 0.29) is 37.5 Å². The van der Waals surface area contributed by atoms with Gasteiger partial charge in [0, 0.05) is 55.2 Å². The maximum Gasteiger partial charge on any atom is 0.330 e. The molecule has 2 aliphatic rings. The highest BCUT2D eigenvalue weighted by molar-refractivity contribution is 5.04. The van der Waals surface area contributed by atoms with E-state index >= 15 is 0 Å². The van der Waals surface area contributed by atoms with Gasteiger partial charge >= 0.3 is 11.4 Å². The number of aromatic amines is 2. The lowest BCUT2D eigenvalue weighted by Gasteiger charge is -2.26. The third-order valence-corrected chi connectivity index (χ3v) is 7.16. The van der Waals surface area contributed by atoms with Gasteiger partial charge in [-0.15, -0.1) is 0 Å². The topological polar surface area (TPSA) is 197 Å². The quantitative estimate of drug-likeness (QED) is 0.248. The summed E-state index contributed by atoms with van der Waals surface area (Å²) in [5, 5.41) is 23.5.